The largest absolute Gasteiger partial charge is 0.364 e. The lowest BCUT2D eigenvalue weighted by Gasteiger charge is -2.07. The maximum atomic E-state index is 8.99. The van der Waals surface area contributed by atoms with Crippen molar-refractivity contribution >= 4 is 11.8 Å². The van der Waals surface area contributed by atoms with Crippen molar-refractivity contribution in [2.45, 2.75) is 22.4 Å². The van der Waals surface area contributed by atoms with Crippen molar-refractivity contribution in [3.8, 4) is 0 Å². The van der Waals surface area contributed by atoms with Crippen molar-refractivity contribution < 1.29 is 20.4 Å². The van der Waals surface area contributed by atoms with Gasteiger partial charge in [0.25, 0.3) is 0 Å². The van der Waals surface area contributed by atoms with Crippen LogP contribution < -0.4 is 0 Å². The first-order chi connectivity index (χ1) is 9.06. The van der Waals surface area contributed by atoms with Gasteiger partial charge >= 0.3 is 0 Å². The quantitative estimate of drug-likeness (QED) is 0.641. The summed E-state index contributed by atoms with van der Waals surface area (Å²) in [6, 6.07) is 13.8. The lowest BCUT2D eigenvalue weighted by molar-refractivity contribution is -0.0430. The second kappa shape index (κ2) is 6.18. The maximum absolute atomic E-state index is 8.99. The average Bonchev–Trinajstić information content (AvgIpc) is 2.40. The van der Waals surface area contributed by atoms with Crippen molar-refractivity contribution in [2.24, 2.45) is 0 Å². The molecule has 0 saturated heterocycles. The van der Waals surface area contributed by atoms with Gasteiger partial charge in [-0.2, -0.15) is 0 Å². The Balaban J connectivity index is 2.08. The van der Waals surface area contributed by atoms with E-state index >= 15 is 0 Å². The predicted octanol–water partition coefficient (Wildman–Crippen LogP) is 1.80. The molecule has 0 heterocycles. The topological polar surface area (TPSA) is 80.9 Å². The number of aliphatic hydroxyl groups excluding tert-OH is 2. The highest BCUT2D eigenvalue weighted by atomic mass is 32.2. The number of hydrogen-bond acceptors (Lipinski definition) is 5. The molecule has 2 aromatic carbocycles. The van der Waals surface area contributed by atoms with Gasteiger partial charge in [0.05, 0.1) is 0 Å². The molecule has 0 radical (unpaired) electrons. The van der Waals surface area contributed by atoms with E-state index in [0.717, 1.165) is 9.79 Å². The molecule has 0 aromatic heterocycles. The molecule has 0 atom stereocenters. The van der Waals surface area contributed by atoms with E-state index in [1.165, 1.54) is 11.8 Å². The molecular weight excluding hydrogens is 264 g/mol. The summed E-state index contributed by atoms with van der Waals surface area (Å²) in [5.41, 5.74) is 0.895. The van der Waals surface area contributed by atoms with E-state index in [4.69, 9.17) is 20.4 Å². The summed E-state index contributed by atoms with van der Waals surface area (Å²) in [5.74, 6) is 0. The Morgan fingerprint density at radius 1 is 0.579 bits per heavy atom. The Morgan fingerprint density at radius 2 is 0.895 bits per heavy atom. The molecule has 4 N–H and O–H groups in total. The highest BCUT2D eigenvalue weighted by molar-refractivity contribution is 7.99. The summed E-state index contributed by atoms with van der Waals surface area (Å²) < 4.78 is 0. The van der Waals surface area contributed by atoms with Crippen LogP contribution in [0.1, 0.15) is 23.7 Å². The molecule has 19 heavy (non-hydrogen) atoms. The second-order valence-corrected chi connectivity index (χ2v) is 5.13. The lowest BCUT2D eigenvalue weighted by Crippen LogP contribution is -1.94. The zero-order chi connectivity index (χ0) is 13.8. The van der Waals surface area contributed by atoms with E-state index in [0.29, 0.717) is 11.1 Å². The standard InChI is InChI=1S/C14H14O4S/c15-13(16)9-1-5-11(6-2-9)19-12-7-3-10(4-8-12)14(17)18/h1-8,13-18H. The molecule has 0 bridgehead atoms. The van der Waals surface area contributed by atoms with Gasteiger partial charge in [0, 0.05) is 20.9 Å². The fourth-order valence-electron chi connectivity index (χ4n) is 1.55. The van der Waals surface area contributed by atoms with Crippen LogP contribution in [0.15, 0.2) is 58.3 Å². The minimum absolute atomic E-state index is 0.447. The molecule has 2 rings (SSSR count). The van der Waals surface area contributed by atoms with Crippen molar-refractivity contribution in [1.29, 1.82) is 0 Å². The molecule has 4 nitrogen and oxygen atoms in total. The van der Waals surface area contributed by atoms with E-state index in [1.807, 2.05) is 0 Å². The van der Waals surface area contributed by atoms with Crippen LogP contribution in [-0.2, 0) is 0 Å². The second-order valence-electron chi connectivity index (χ2n) is 3.99. The summed E-state index contributed by atoms with van der Waals surface area (Å²) in [6.07, 6.45) is -2.91. The highest BCUT2D eigenvalue weighted by Gasteiger charge is 2.04. The van der Waals surface area contributed by atoms with Gasteiger partial charge < -0.3 is 20.4 Å². The molecule has 0 aliphatic heterocycles. The predicted molar refractivity (Wildman–Crippen MR) is 71.4 cm³/mol. The molecule has 0 fully saturated rings. The lowest BCUT2D eigenvalue weighted by atomic mass is 10.2. The van der Waals surface area contributed by atoms with E-state index < -0.39 is 12.6 Å². The fraction of sp³-hybridized carbons (Fsp3) is 0.143. The third-order valence-electron chi connectivity index (χ3n) is 2.59. The minimum Gasteiger partial charge on any atom is -0.364 e. The fourth-order valence-corrected chi connectivity index (χ4v) is 2.37. The highest BCUT2D eigenvalue weighted by Crippen LogP contribution is 2.29. The zero-order valence-electron chi connectivity index (χ0n) is 9.97. The molecule has 0 unspecified atom stereocenters. The molecule has 5 heteroatoms. The Labute approximate surface area is 115 Å². The first-order valence-electron chi connectivity index (χ1n) is 5.66. The van der Waals surface area contributed by atoms with Crippen LogP contribution in [0.2, 0.25) is 0 Å². The maximum Gasteiger partial charge on any atom is 0.178 e. The first kappa shape index (κ1) is 14.0. The van der Waals surface area contributed by atoms with Gasteiger partial charge in [-0.25, -0.2) is 0 Å². The van der Waals surface area contributed by atoms with Gasteiger partial charge in [-0.15, -0.1) is 0 Å². The van der Waals surface area contributed by atoms with Crippen LogP contribution >= 0.6 is 11.8 Å². The molecule has 0 aliphatic rings. The first-order valence-corrected chi connectivity index (χ1v) is 6.48. The SMILES string of the molecule is OC(O)c1ccc(Sc2ccc(C(O)O)cc2)cc1. The Morgan fingerprint density at radius 3 is 1.16 bits per heavy atom. The molecular formula is C14H14O4S. The Hall–Kier alpha value is -1.37. The molecule has 0 amide bonds. The Bertz CT molecular complexity index is 471. The van der Waals surface area contributed by atoms with E-state index in [1.54, 1.807) is 48.5 Å². The molecule has 0 spiro atoms. The smallest absolute Gasteiger partial charge is 0.178 e. The van der Waals surface area contributed by atoms with Crippen molar-refractivity contribution in [3.05, 3.63) is 59.7 Å². The number of hydrogen-bond donors (Lipinski definition) is 4. The molecule has 0 saturated carbocycles. The summed E-state index contributed by atoms with van der Waals surface area (Å²) in [5, 5.41) is 36.0. The average molecular weight is 278 g/mol. The van der Waals surface area contributed by atoms with Crippen LogP contribution in [0.4, 0.5) is 0 Å². The van der Waals surface area contributed by atoms with Crippen LogP contribution in [0.25, 0.3) is 0 Å². The number of benzene rings is 2. The van der Waals surface area contributed by atoms with Crippen LogP contribution in [0, 0.1) is 0 Å². The van der Waals surface area contributed by atoms with Crippen LogP contribution in [0.5, 0.6) is 0 Å². The normalized spacial score (nSPS) is 11.3. The van der Waals surface area contributed by atoms with E-state index in [2.05, 4.69) is 0 Å². The van der Waals surface area contributed by atoms with Crippen LogP contribution in [-0.4, -0.2) is 20.4 Å². The third-order valence-corrected chi connectivity index (χ3v) is 3.61. The van der Waals surface area contributed by atoms with Crippen LogP contribution in [0.3, 0.4) is 0 Å². The summed E-state index contributed by atoms with van der Waals surface area (Å²) in [6.45, 7) is 0. The third kappa shape index (κ3) is 3.79. The summed E-state index contributed by atoms with van der Waals surface area (Å²) in [4.78, 5) is 1.92. The van der Waals surface area contributed by atoms with Gasteiger partial charge in [0.1, 0.15) is 0 Å². The van der Waals surface area contributed by atoms with Gasteiger partial charge in [-0.05, 0) is 24.3 Å². The monoisotopic (exact) mass is 278 g/mol. The molecule has 2 aromatic rings. The molecule has 100 valence electrons. The Kier molecular flexibility index (Phi) is 4.57. The van der Waals surface area contributed by atoms with Gasteiger partial charge in [0.15, 0.2) is 12.6 Å². The van der Waals surface area contributed by atoms with E-state index in [-0.39, 0.29) is 0 Å². The van der Waals surface area contributed by atoms with Crippen molar-refractivity contribution in [2.75, 3.05) is 0 Å². The minimum atomic E-state index is -1.45. The number of aliphatic hydroxyl groups is 4. The van der Waals surface area contributed by atoms with E-state index in [9.17, 15) is 0 Å². The van der Waals surface area contributed by atoms with Gasteiger partial charge in [-0.1, -0.05) is 36.0 Å². The zero-order valence-corrected chi connectivity index (χ0v) is 10.8. The summed E-state index contributed by atoms with van der Waals surface area (Å²) in [7, 11) is 0. The summed E-state index contributed by atoms with van der Waals surface area (Å²) >= 11 is 1.50. The van der Waals surface area contributed by atoms with Gasteiger partial charge in [0.2, 0.25) is 0 Å². The van der Waals surface area contributed by atoms with Crippen molar-refractivity contribution in [1.82, 2.24) is 0 Å². The molecule has 0 aliphatic carbocycles. The van der Waals surface area contributed by atoms with Crippen molar-refractivity contribution in [3.63, 3.8) is 0 Å². The number of rotatable bonds is 4. The van der Waals surface area contributed by atoms with Gasteiger partial charge in [-0.3, -0.25) is 0 Å².